The Kier molecular flexibility index (Phi) is 6.73. The second-order valence-corrected chi connectivity index (χ2v) is 8.81. The minimum absolute atomic E-state index is 0.452. The molecule has 0 aliphatic carbocycles. The van der Waals surface area contributed by atoms with Gasteiger partial charge in [-0.2, -0.15) is 4.98 Å². The van der Waals surface area contributed by atoms with Crippen LogP contribution in [-0.4, -0.2) is 28.2 Å². The van der Waals surface area contributed by atoms with E-state index >= 15 is 0 Å². The number of furan rings is 1. The van der Waals surface area contributed by atoms with Gasteiger partial charge >= 0.3 is 0 Å². The van der Waals surface area contributed by atoms with Crippen LogP contribution in [0.2, 0.25) is 5.02 Å². The molecule has 1 saturated heterocycles. The molecule has 31 heavy (non-hydrogen) atoms. The molecule has 0 saturated carbocycles. The summed E-state index contributed by atoms with van der Waals surface area (Å²) in [6.07, 6.45) is 2.46. The van der Waals surface area contributed by atoms with Crippen molar-refractivity contribution in [2.24, 2.45) is 5.92 Å². The Morgan fingerprint density at radius 2 is 2.03 bits per heavy atom. The quantitative estimate of drug-likeness (QED) is 0.498. The van der Waals surface area contributed by atoms with Crippen LogP contribution >= 0.6 is 23.8 Å². The number of benzene rings is 1. The van der Waals surface area contributed by atoms with Crippen molar-refractivity contribution in [2.45, 2.75) is 33.2 Å². The molecule has 2 N–H and O–H groups in total. The van der Waals surface area contributed by atoms with Gasteiger partial charge in [-0.15, -0.1) is 0 Å². The van der Waals surface area contributed by atoms with Crippen molar-refractivity contribution in [1.29, 1.82) is 0 Å². The van der Waals surface area contributed by atoms with Gasteiger partial charge in [-0.05, 0) is 74.3 Å². The molecule has 1 fully saturated rings. The number of rotatable bonds is 5. The van der Waals surface area contributed by atoms with Gasteiger partial charge in [-0.25, -0.2) is 4.98 Å². The monoisotopic (exact) mass is 455 g/mol. The number of thiocarbonyl (C=S) groups is 1. The van der Waals surface area contributed by atoms with Crippen molar-refractivity contribution in [3.63, 3.8) is 0 Å². The summed E-state index contributed by atoms with van der Waals surface area (Å²) in [5.41, 5.74) is 1.89. The van der Waals surface area contributed by atoms with Crippen molar-refractivity contribution in [2.75, 3.05) is 23.3 Å². The highest BCUT2D eigenvalue weighted by Gasteiger charge is 2.18. The molecule has 2 aromatic heterocycles. The minimum atomic E-state index is 0.452. The molecule has 0 spiro atoms. The van der Waals surface area contributed by atoms with E-state index in [0.29, 0.717) is 28.5 Å². The SMILES string of the molecule is Cc1cc(N2CCCC(C)C2)nc(NC(=S)NCc2ccc(-c3ccc(Cl)cc3)o2)n1. The van der Waals surface area contributed by atoms with E-state index in [-0.39, 0.29) is 0 Å². The second-order valence-electron chi connectivity index (χ2n) is 7.97. The van der Waals surface area contributed by atoms with Crippen LogP contribution < -0.4 is 15.5 Å². The number of halogens is 1. The fraction of sp³-hybridized carbons (Fsp3) is 0.348. The Morgan fingerprint density at radius 1 is 1.23 bits per heavy atom. The van der Waals surface area contributed by atoms with Crippen molar-refractivity contribution in [1.82, 2.24) is 15.3 Å². The average molecular weight is 456 g/mol. The molecule has 1 aliphatic rings. The molecule has 0 bridgehead atoms. The standard InChI is InChI=1S/C23H26ClN5OS/c1-15-4-3-11-29(14-15)21-12-16(2)26-22(27-21)28-23(31)25-13-19-9-10-20(30-19)17-5-7-18(24)8-6-17/h5-10,12,15H,3-4,11,13-14H2,1-2H3,(H2,25,26,27,28,31). The zero-order valence-corrected chi connectivity index (χ0v) is 19.3. The van der Waals surface area contributed by atoms with Crippen molar-refractivity contribution < 1.29 is 4.42 Å². The van der Waals surface area contributed by atoms with Crippen LogP contribution in [0.25, 0.3) is 11.3 Å². The molecule has 1 aliphatic heterocycles. The lowest BCUT2D eigenvalue weighted by atomic mass is 10.0. The fourth-order valence-corrected chi connectivity index (χ4v) is 4.01. The van der Waals surface area contributed by atoms with Crippen molar-refractivity contribution >= 4 is 40.7 Å². The van der Waals surface area contributed by atoms with Crippen molar-refractivity contribution in [3.8, 4) is 11.3 Å². The average Bonchev–Trinajstić information content (AvgIpc) is 3.21. The maximum atomic E-state index is 5.95. The molecular weight excluding hydrogens is 430 g/mol. The summed E-state index contributed by atoms with van der Waals surface area (Å²) >= 11 is 11.4. The van der Waals surface area contributed by atoms with Gasteiger partial charge in [-0.3, -0.25) is 0 Å². The first-order chi connectivity index (χ1) is 15.0. The van der Waals surface area contributed by atoms with E-state index in [9.17, 15) is 0 Å². The fourth-order valence-electron chi connectivity index (χ4n) is 3.72. The van der Waals surface area contributed by atoms with Gasteiger partial charge in [0, 0.05) is 35.4 Å². The summed E-state index contributed by atoms with van der Waals surface area (Å²) < 4.78 is 5.91. The molecule has 4 rings (SSSR count). The first kappa shape index (κ1) is 21.6. The normalized spacial score (nSPS) is 16.2. The molecule has 1 unspecified atom stereocenters. The Hall–Kier alpha value is -2.64. The summed E-state index contributed by atoms with van der Waals surface area (Å²) in [4.78, 5) is 11.5. The van der Waals surface area contributed by atoms with Crippen LogP contribution in [0, 0.1) is 12.8 Å². The van der Waals surface area contributed by atoms with E-state index < -0.39 is 0 Å². The molecule has 0 radical (unpaired) electrons. The maximum absolute atomic E-state index is 5.95. The van der Waals surface area contributed by atoms with E-state index in [2.05, 4.69) is 32.4 Å². The van der Waals surface area contributed by atoms with Crippen LogP contribution in [0.5, 0.6) is 0 Å². The molecule has 1 aromatic carbocycles. The summed E-state index contributed by atoms with van der Waals surface area (Å²) in [6.45, 7) is 6.76. The van der Waals surface area contributed by atoms with Crippen LogP contribution in [0.1, 0.15) is 31.2 Å². The Balaban J connectivity index is 1.35. The molecule has 6 nitrogen and oxygen atoms in total. The van der Waals surface area contributed by atoms with Crippen LogP contribution in [0.3, 0.4) is 0 Å². The molecule has 0 amide bonds. The van der Waals surface area contributed by atoms with E-state index in [1.54, 1.807) is 0 Å². The number of hydrogen-bond acceptors (Lipinski definition) is 5. The van der Waals surface area contributed by atoms with Gasteiger partial charge < -0.3 is 20.0 Å². The third-order valence-electron chi connectivity index (χ3n) is 5.26. The number of aryl methyl sites for hydroxylation is 1. The predicted octanol–water partition coefficient (Wildman–Crippen LogP) is 5.42. The van der Waals surface area contributed by atoms with Crippen LogP contribution in [0.15, 0.2) is 46.9 Å². The number of anilines is 2. The van der Waals surface area contributed by atoms with Gasteiger partial charge in [0.1, 0.15) is 17.3 Å². The number of nitrogens with one attached hydrogen (secondary N) is 2. The molecule has 1 atom stereocenters. The number of hydrogen-bond donors (Lipinski definition) is 2. The third kappa shape index (κ3) is 5.74. The maximum Gasteiger partial charge on any atom is 0.231 e. The Labute approximate surface area is 193 Å². The summed E-state index contributed by atoms with van der Waals surface area (Å²) in [5, 5.41) is 7.41. The van der Waals surface area contributed by atoms with E-state index in [1.807, 2.05) is 49.4 Å². The second kappa shape index (κ2) is 9.66. The van der Waals surface area contributed by atoms with Gasteiger partial charge in [0.2, 0.25) is 5.95 Å². The predicted molar refractivity (Wildman–Crippen MR) is 130 cm³/mol. The van der Waals surface area contributed by atoms with E-state index in [0.717, 1.165) is 41.7 Å². The van der Waals surface area contributed by atoms with Crippen LogP contribution in [0.4, 0.5) is 11.8 Å². The smallest absolute Gasteiger partial charge is 0.231 e. The zero-order valence-electron chi connectivity index (χ0n) is 17.7. The highest BCUT2D eigenvalue weighted by molar-refractivity contribution is 7.80. The number of aromatic nitrogens is 2. The van der Waals surface area contributed by atoms with Gasteiger partial charge in [-0.1, -0.05) is 18.5 Å². The number of piperidine rings is 1. The highest BCUT2D eigenvalue weighted by Crippen LogP contribution is 2.24. The Bertz CT molecular complexity index is 1050. The lowest BCUT2D eigenvalue weighted by Gasteiger charge is -2.32. The minimum Gasteiger partial charge on any atom is -0.459 e. The summed E-state index contributed by atoms with van der Waals surface area (Å²) in [7, 11) is 0. The largest absolute Gasteiger partial charge is 0.459 e. The third-order valence-corrected chi connectivity index (χ3v) is 5.76. The summed E-state index contributed by atoms with van der Waals surface area (Å²) in [5.74, 6) is 3.70. The van der Waals surface area contributed by atoms with E-state index in [1.165, 1.54) is 12.8 Å². The lowest BCUT2D eigenvalue weighted by Crippen LogP contribution is -2.35. The molecular formula is C23H26ClN5OS. The molecule has 8 heteroatoms. The molecule has 3 aromatic rings. The lowest BCUT2D eigenvalue weighted by molar-refractivity contribution is 0.444. The van der Waals surface area contributed by atoms with Gasteiger partial charge in [0.25, 0.3) is 0 Å². The summed E-state index contributed by atoms with van der Waals surface area (Å²) in [6, 6.07) is 13.4. The van der Waals surface area contributed by atoms with Gasteiger partial charge in [0.15, 0.2) is 5.11 Å². The molecule has 3 heterocycles. The van der Waals surface area contributed by atoms with Crippen LogP contribution in [-0.2, 0) is 6.54 Å². The number of nitrogens with zero attached hydrogens (tertiary/aromatic N) is 3. The zero-order chi connectivity index (χ0) is 21.8. The Morgan fingerprint density at radius 3 is 2.81 bits per heavy atom. The first-order valence-corrected chi connectivity index (χ1v) is 11.2. The molecule has 162 valence electrons. The van der Waals surface area contributed by atoms with Gasteiger partial charge in [0.05, 0.1) is 6.54 Å². The van der Waals surface area contributed by atoms with Crippen molar-refractivity contribution in [3.05, 3.63) is 58.9 Å². The topological polar surface area (TPSA) is 66.2 Å². The van der Waals surface area contributed by atoms with E-state index in [4.69, 9.17) is 28.2 Å². The first-order valence-electron chi connectivity index (χ1n) is 10.5. The highest BCUT2D eigenvalue weighted by atomic mass is 35.5.